The minimum absolute atomic E-state index is 0.0804. The van der Waals surface area contributed by atoms with Crippen molar-refractivity contribution in [3.8, 4) is 11.5 Å². The molecule has 0 unspecified atom stereocenters. The Hall–Kier alpha value is -2.54. The van der Waals surface area contributed by atoms with Crippen molar-refractivity contribution in [3.05, 3.63) is 35.7 Å². The SMILES string of the molecule is CCOC(=O)[C@]12CNC[C@H]1CN(c1nc(-c3ccccn3)nc3c1CCC3)C2. The molecule has 7 heteroatoms. The van der Waals surface area contributed by atoms with Gasteiger partial charge in [-0.25, -0.2) is 9.97 Å². The lowest BCUT2D eigenvalue weighted by molar-refractivity contribution is -0.154. The van der Waals surface area contributed by atoms with Crippen LogP contribution in [0, 0.1) is 11.3 Å². The molecule has 4 heterocycles. The molecule has 0 amide bonds. The molecule has 0 saturated carbocycles. The summed E-state index contributed by atoms with van der Waals surface area (Å²) in [5.41, 5.74) is 2.69. The number of pyridine rings is 1. The number of hydrogen-bond donors (Lipinski definition) is 1. The lowest BCUT2D eigenvalue weighted by Crippen LogP contribution is -2.41. The van der Waals surface area contributed by atoms with Crippen LogP contribution < -0.4 is 10.2 Å². The van der Waals surface area contributed by atoms with E-state index in [1.807, 2.05) is 25.1 Å². The number of nitrogens with one attached hydrogen (secondary N) is 1. The van der Waals surface area contributed by atoms with Gasteiger partial charge in [-0.1, -0.05) is 6.07 Å². The van der Waals surface area contributed by atoms with Gasteiger partial charge in [-0.2, -0.15) is 0 Å². The zero-order valence-electron chi connectivity index (χ0n) is 16.1. The van der Waals surface area contributed by atoms with E-state index in [9.17, 15) is 4.79 Å². The largest absolute Gasteiger partial charge is 0.465 e. The van der Waals surface area contributed by atoms with Crippen LogP contribution in [0.1, 0.15) is 24.6 Å². The van der Waals surface area contributed by atoms with E-state index < -0.39 is 5.41 Å². The van der Waals surface area contributed by atoms with E-state index in [-0.39, 0.29) is 11.9 Å². The van der Waals surface area contributed by atoms with E-state index in [0.29, 0.717) is 25.5 Å². The van der Waals surface area contributed by atoms with Gasteiger partial charge in [0.2, 0.25) is 0 Å². The van der Waals surface area contributed by atoms with Gasteiger partial charge in [0.25, 0.3) is 0 Å². The van der Waals surface area contributed by atoms with Crippen molar-refractivity contribution in [3.63, 3.8) is 0 Å². The second-order valence-corrected chi connectivity index (χ2v) is 7.95. The Kier molecular flexibility index (Phi) is 4.27. The molecule has 1 aliphatic carbocycles. The van der Waals surface area contributed by atoms with Crippen LogP contribution in [0.5, 0.6) is 0 Å². The highest BCUT2D eigenvalue weighted by molar-refractivity contribution is 5.80. The molecule has 5 rings (SSSR count). The Morgan fingerprint density at radius 1 is 1.36 bits per heavy atom. The van der Waals surface area contributed by atoms with E-state index in [1.165, 1.54) is 5.56 Å². The fraction of sp³-hybridized carbons (Fsp3) is 0.524. The van der Waals surface area contributed by atoms with E-state index in [2.05, 4.69) is 15.2 Å². The number of rotatable bonds is 4. The lowest BCUT2D eigenvalue weighted by atomic mass is 9.81. The van der Waals surface area contributed by atoms with Gasteiger partial charge < -0.3 is 15.0 Å². The standard InChI is InChI=1S/C21H25N5O2/c1-2-28-20(27)21-12-22-10-14(21)11-26(13-21)19-15-6-5-8-16(15)24-18(25-19)17-7-3-4-9-23-17/h3-4,7,9,14,22H,2,5-6,8,10-13H2,1H3/t14-,21-/m0/s1. The first kappa shape index (κ1) is 17.6. The molecule has 7 nitrogen and oxygen atoms in total. The van der Waals surface area contributed by atoms with Crippen molar-refractivity contribution in [1.29, 1.82) is 0 Å². The van der Waals surface area contributed by atoms with Crippen molar-refractivity contribution in [2.45, 2.75) is 26.2 Å². The number of aromatic nitrogens is 3. The van der Waals surface area contributed by atoms with Gasteiger partial charge in [-0.15, -0.1) is 0 Å². The van der Waals surface area contributed by atoms with Gasteiger partial charge in [0.15, 0.2) is 5.82 Å². The molecule has 0 bridgehead atoms. The van der Waals surface area contributed by atoms with Gasteiger partial charge in [0.05, 0.1) is 6.61 Å². The summed E-state index contributed by atoms with van der Waals surface area (Å²) < 4.78 is 5.45. The van der Waals surface area contributed by atoms with Crippen molar-refractivity contribution >= 4 is 11.8 Å². The molecular formula is C21H25N5O2. The highest BCUT2D eigenvalue weighted by Gasteiger charge is 2.56. The predicted molar refractivity (Wildman–Crippen MR) is 105 cm³/mol. The third-order valence-electron chi connectivity index (χ3n) is 6.31. The summed E-state index contributed by atoms with van der Waals surface area (Å²) >= 11 is 0. The number of fused-ring (bicyclic) bond motifs is 2. The molecule has 2 aliphatic heterocycles. The minimum atomic E-state index is -0.475. The van der Waals surface area contributed by atoms with Crippen molar-refractivity contribution < 1.29 is 9.53 Å². The number of carbonyl (C=O) groups is 1. The zero-order chi connectivity index (χ0) is 19.1. The predicted octanol–water partition coefficient (Wildman–Crippen LogP) is 1.62. The van der Waals surface area contributed by atoms with E-state index in [0.717, 1.165) is 49.6 Å². The van der Waals surface area contributed by atoms with Crippen LogP contribution in [0.3, 0.4) is 0 Å². The van der Waals surface area contributed by atoms with Crippen molar-refractivity contribution in [2.24, 2.45) is 11.3 Å². The van der Waals surface area contributed by atoms with Gasteiger partial charge >= 0.3 is 5.97 Å². The summed E-state index contributed by atoms with van der Waals surface area (Å²) in [5, 5.41) is 3.40. The van der Waals surface area contributed by atoms with Gasteiger partial charge in [0.1, 0.15) is 16.9 Å². The summed E-state index contributed by atoms with van der Waals surface area (Å²) in [7, 11) is 0. The van der Waals surface area contributed by atoms with Gasteiger partial charge in [0, 0.05) is 49.6 Å². The molecule has 3 aliphatic rings. The van der Waals surface area contributed by atoms with Crippen LogP contribution in [0.25, 0.3) is 11.5 Å². The van der Waals surface area contributed by atoms with Crippen LogP contribution >= 0.6 is 0 Å². The Balaban J connectivity index is 1.53. The first-order valence-electron chi connectivity index (χ1n) is 10.2. The van der Waals surface area contributed by atoms with E-state index in [4.69, 9.17) is 14.7 Å². The third kappa shape index (κ3) is 2.68. The second-order valence-electron chi connectivity index (χ2n) is 7.95. The number of hydrogen-bond acceptors (Lipinski definition) is 7. The van der Waals surface area contributed by atoms with Gasteiger partial charge in [-0.05, 0) is 38.3 Å². The first-order chi connectivity index (χ1) is 13.7. The van der Waals surface area contributed by atoms with Crippen LogP contribution in [-0.2, 0) is 22.4 Å². The number of nitrogens with zero attached hydrogens (tertiary/aromatic N) is 4. The highest BCUT2D eigenvalue weighted by Crippen LogP contribution is 2.43. The normalized spacial score (nSPS) is 25.6. The zero-order valence-corrected chi connectivity index (χ0v) is 16.1. The van der Waals surface area contributed by atoms with Crippen LogP contribution in [0.4, 0.5) is 5.82 Å². The van der Waals surface area contributed by atoms with E-state index >= 15 is 0 Å². The van der Waals surface area contributed by atoms with Crippen molar-refractivity contribution in [1.82, 2.24) is 20.3 Å². The molecular weight excluding hydrogens is 354 g/mol. The molecule has 2 aromatic heterocycles. The number of aryl methyl sites for hydroxylation is 1. The quantitative estimate of drug-likeness (QED) is 0.809. The topological polar surface area (TPSA) is 80.2 Å². The Morgan fingerprint density at radius 3 is 3.11 bits per heavy atom. The second kappa shape index (κ2) is 6.81. The number of ether oxygens (including phenoxy) is 1. The van der Waals surface area contributed by atoms with Crippen molar-refractivity contribution in [2.75, 3.05) is 37.7 Å². The van der Waals surface area contributed by atoms with E-state index in [1.54, 1.807) is 6.20 Å². The number of esters is 1. The molecule has 2 atom stereocenters. The Morgan fingerprint density at radius 2 is 2.29 bits per heavy atom. The molecule has 0 aromatic carbocycles. The fourth-order valence-electron chi connectivity index (χ4n) is 4.93. The molecule has 2 saturated heterocycles. The van der Waals surface area contributed by atoms with Crippen LogP contribution in [0.2, 0.25) is 0 Å². The molecule has 2 aromatic rings. The monoisotopic (exact) mass is 379 g/mol. The maximum atomic E-state index is 12.8. The average Bonchev–Trinajstić information content (AvgIpc) is 3.42. The summed E-state index contributed by atoms with van der Waals surface area (Å²) in [6.45, 7) is 5.27. The molecule has 146 valence electrons. The third-order valence-corrected chi connectivity index (χ3v) is 6.31. The lowest BCUT2D eigenvalue weighted by Gasteiger charge is -2.26. The molecule has 2 fully saturated rings. The summed E-state index contributed by atoms with van der Waals surface area (Å²) in [6, 6.07) is 5.80. The Bertz CT molecular complexity index is 903. The molecule has 1 N–H and O–H groups in total. The Labute approximate surface area is 164 Å². The highest BCUT2D eigenvalue weighted by atomic mass is 16.5. The summed E-state index contributed by atoms with van der Waals surface area (Å²) in [5.74, 6) is 1.83. The minimum Gasteiger partial charge on any atom is -0.465 e. The summed E-state index contributed by atoms with van der Waals surface area (Å²) in [6.07, 6.45) is 4.85. The van der Waals surface area contributed by atoms with Crippen LogP contribution in [-0.4, -0.2) is 53.7 Å². The molecule has 0 spiro atoms. The summed E-state index contributed by atoms with van der Waals surface area (Å²) in [4.78, 5) is 29.3. The average molecular weight is 379 g/mol. The smallest absolute Gasteiger partial charge is 0.315 e. The first-order valence-corrected chi connectivity index (χ1v) is 10.2. The maximum absolute atomic E-state index is 12.8. The molecule has 0 radical (unpaired) electrons. The van der Waals surface area contributed by atoms with Crippen LogP contribution in [0.15, 0.2) is 24.4 Å². The number of anilines is 1. The van der Waals surface area contributed by atoms with Gasteiger partial charge in [-0.3, -0.25) is 9.78 Å². The number of carbonyl (C=O) groups excluding carboxylic acids is 1. The molecule has 28 heavy (non-hydrogen) atoms. The maximum Gasteiger partial charge on any atom is 0.315 e. The fourth-order valence-corrected chi connectivity index (χ4v) is 4.93.